The van der Waals surface area contributed by atoms with Crippen LogP contribution in [0.2, 0.25) is 0 Å². The van der Waals surface area contributed by atoms with E-state index in [4.69, 9.17) is 9.47 Å². The summed E-state index contributed by atoms with van der Waals surface area (Å²) < 4.78 is 10.8. The zero-order valence-electron chi connectivity index (χ0n) is 11.2. The second-order valence-corrected chi connectivity index (χ2v) is 4.93. The van der Waals surface area contributed by atoms with Crippen molar-refractivity contribution in [3.63, 3.8) is 0 Å². The van der Waals surface area contributed by atoms with E-state index in [-0.39, 0.29) is 0 Å². The Kier molecular flexibility index (Phi) is 5.18. The van der Waals surface area contributed by atoms with Crippen molar-refractivity contribution in [3.8, 4) is 11.5 Å². The molecule has 0 saturated carbocycles. The molecule has 1 aromatic heterocycles. The molecule has 0 spiro atoms. The first kappa shape index (κ1) is 13.8. The van der Waals surface area contributed by atoms with Crippen molar-refractivity contribution >= 4 is 11.3 Å². The average Bonchev–Trinajstić information content (AvgIpc) is 2.94. The van der Waals surface area contributed by atoms with Crippen LogP contribution in [0.15, 0.2) is 29.8 Å². The molecule has 1 aromatic carbocycles. The quantitative estimate of drug-likeness (QED) is 0.846. The highest BCUT2D eigenvalue weighted by Gasteiger charge is 2.05. The maximum atomic E-state index is 5.49. The molecular formula is C14H18N2O2S. The third-order valence-corrected chi connectivity index (χ3v) is 3.40. The Balaban J connectivity index is 1.93. The van der Waals surface area contributed by atoms with Crippen molar-refractivity contribution in [2.24, 2.45) is 0 Å². The summed E-state index contributed by atoms with van der Waals surface area (Å²) in [6.07, 6.45) is 1.82. The molecule has 1 N–H and O–H groups in total. The van der Waals surface area contributed by atoms with Crippen molar-refractivity contribution < 1.29 is 9.47 Å². The molecule has 19 heavy (non-hydrogen) atoms. The summed E-state index contributed by atoms with van der Waals surface area (Å²) in [6, 6.07) is 5.99. The molecule has 2 aromatic rings. The lowest BCUT2D eigenvalue weighted by atomic mass is 10.2. The molecule has 2 rings (SSSR count). The van der Waals surface area contributed by atoms with Gasteiger partial charge in [0.05, 0.1) is 13.7 Å². The minimum absolute atomic E-state index is 0.637. The molecule has 0 amide bonds. The maximum absolute atomic E-state index is 5.49. The Bertz CT molecular complexity index is 500. The second-order valence-electron chi connectivity index (χ2n) is 3.95. The van der Waals surface area contributed by atoms with Crippen LogP contribution in [-0.4, -0.2) is 18.7 Å². The number of methoxy groups -OCH3 is 1. The van der Waals surface area contributed by atoms with Gasteiger partial charge in [-0.25, -0.2) is 4.98 Å². The van der Waals surface area contributed by atoms with Gasteiger partial charge in [0.15, 0.2) is 11.5 Å². The standard InChI is InChI=1S/C14H18N2O2S/c1-3-18-12-5-4-11(8-13(12)17-2)9-15-10-14-16-6-7-19-14/h4-8,15H,3,9-10H2,1-2H3. The summed E-state index contributed by atoms with van der Waals surface area (Å²) in [7, 11) is 1.66. The van der Waals surface area contributed by atoms with E-state index in [0.717, 1.165) is 35.2 Å². The molecule has 102 valence electrons. The molecule has 0 atom stereocenters. The molecule has 0 unspecified atom stereocenters. The number of ether oxygens (including phenoxy) is 2. The molecule has 0 aliphatic rings. The highest BCUT2D eigenvalue weighted by atomic mass is 32.1. The number of thiazole rings is 1. The van der Waals surface area contributed by atoms with Crippen molar-refractivity contribution in [1.29, 1.82) is 0 Å². The first-order valence-corrected chi connectivity index (χ1v) is 7.10. The first-order chi connectivity index (χ1) is 9.33. The maximum Gasteiger partial charge on any atom is 0.161 e. The lowest BCUT2D eigenvalue weighted by molar-refractivity contribution is 0.310. The third kappa shape index (κ3) is 3.94. The van der Waals surface area contributed by atoms with E-state index in [1.54, 1.807) is 18.4 Å². The number of hydrogen-bond donors (Lipinski definition) is 1. The van der Waals surface area contributed by atoms with Gasteiger partial charge in [0, 0.05) is 24.7 Å². The molecule has 0 saturated heterocycles. The molecule has 0 fully saturated rings. The largest absolute Gasteiger partial charge is 0.493 e. The van der Waals surface area contributed by atoms with E-state index in [0.29, 0.717) is 6.61 Å². The smallest absolute Gasteiger partial charge is 0.161 e. The van der Waals surface area contributed by atoms with Crippen LogP contribution in [-0.2, 0) is 13.1 Å². The van der Waals surface area contributed by atoms with Crippen LogP contribution in [0.3, 0.4) is 0 Å². The van der Waals surface area contributed by atoms with Crippen LogP contribution < -0.4 is 14.8 Å². The second kappa shape index (κ2) is 7.11. The summed E-state index contributed by atoms with van der Waals surface area (Å²) in [4.78, 5) is 4.23. The Morgan fingerprint density at radius 3 is 2.84 bits per heavy atom. The SMILES string of the molecule is CCOc1ccc(CNCc2nccs2)cc1OC. The predicted molar refractivity (Wildman–Crippen MR) is 76.8 cm³/mol. The van der Waals surface area contributed by atoms with E-state index in [1.807, 2.05) is 36.7 Å². The fourth-order valence-electron chi connectivity index (χ4n) is 1.75. The number of rotatable bonds is 7. The topological polar surface area (TPSA) is 43.4 Å². The van der Waals surface area contributed by atoms with E-state index < -0.39 is 0 Å². The van der Waals surface area contributed by atoms with Gasteiger partial charge in [0.2, 0.25) is 0 Å². The minimum atomic E-state index is 0.637. The monoisotopic (exact) mass is 278 g/mol. The summed E-state index contributed by atoms with van der Waals surface area (Å²) in [5.74, 6) is 1.56. The fourth-order valence-corrected chi connectivity index (χ4v) is 2.34. The van der Waals surface area contributed by atoms with Gasteiger partial charge in [-0.2, -0.15) is 0 Å². The zero-order chi connectivity index (χ0) is 13.5. The molecular weight excluding hydrogens is 260 g/mol. The van der Waals surface area contributed by atoms with Crippen molar-refractivity contribution in [3.05, 3.63) is 40.3 Å². The van der Waals surface area contributed by atoms with Crippen LogP contribution in [0.25, 0.3) is 0 Å². The lowest BCUT2D eigenvalue weighted by Crippen LogP contribution is -2.12. The molecule has 4 nitrogen and oxygen atoms in total. The molecule has 0 aliphatic carbocycles. The van der Waals surface area contributed by atoms with E-state index >= 15 is 0 Å². The average molecular weight is 278 g/mol. The van der Waals surface area contributed by atoms with Gasteiger partial charge < -0.3 is 14.8 Å². The molecule has 0 aliphatic heterocycles. The minimum Gasteiger partial charge on any atom is -0.493 e. The summed E-state index contributed by atoms with van der Waals surface area (Å²) in [5.41, 5.74) is 1.16. The van der Waals surface area contributed by atoms with Crippen molar-refractivity contribution in [1.82, 2.24) is 10.3 Å². The van der Waals surface area contributed by atoms with Gasteiger partial charge >= 0.3 is 0 Å². The zero-order valence-corrected chi connectivity index (χ0v) is 12.0. The Labute approximate surface area is 117 Å². The van der Waals surface area contributed by atoms with E-state index in [2.05, 4.69) is 10.3 Å². The van der Waals surface area contributed by atoms with Crippen LogP contribution in [0.1, 0.15) is 17.5 Å². The fraction of sp³-hybridized carbons (Fsp3) is 0.357. The van der Waals surface area contributed by atoms with Gasteiger partial charge in [-0.15, -0.1) is 11.3 Å². The summed E-state index contributed by atoms with van der Waals surface area (Å²) in [6.45, 7) is 4.16. The van der Waals surface area contributed by atoms with Gasteiger partial charge in [0.1, 0.15) is 5.01 Å². The summed E-state index contributed by atoms with van der Waals surface area (Å²) >= 11 is 1.66. The van der Waals surface area contributed by atoms with E-state index in [9.17, 15) is 0 Å². The first-order valence-electron chi connectivity index (χ1n) is 6.22. The Morgan fingerprint density at radius 1 is 1.26 bits per heavy atom. The van der Waals surface area contributed by atoms with Crippen LogP contribution >= 0.6 is 11.3 Å². The van der Waals surface area contributed by atoms with Crippen LogP contribution in [0, 0.1) is 0 Å². The third-order valence-electron chi connectivity index (χ3n) is 2.62. The van der Waals surface area contributed by atoms with E-state index in [1.165, 1.54) is 0 Å². The highest BCUT2D eigenvalue weighted by Crippen LogP contribution is 2.27. The summed E-state index contributed by atoms with van der Waals surface area (Å²) in [5, 5.41) is 6.44. The van der Waals surface area contributed by atoms with Gasteiger partial charge in [-0.1, -0.05) is 6.07 Å². The normalized spacial score (nSPS) is 10.4. The van der Waals surface area contributed by atoms with Crippen LogP contribution in [0.5, 0.6) is 11.5 Å². The molecule has 1 heterocycles. The number of benzene rings is 1. The molecule has 5 heteroatoms. The predicted octanol–water partition coefficient (Wildman–Crippen LogP) is 2.84. The number of nitrogens with one attached hydrogen (secondary N) is 1. The Morgan fingerprint density at radius 2 is 2.16 bits per heavy atom. The molecule has 0 radical (unpaired) electrons. The van der Waals surface area contributed by atoms with Gasteiger partial charge in [0.25, 0.3) is 0 Å². The number of nitrogens with zero attached hydrogens (tertiary/aromatic N) is 1. The highest BCUT2D eigenvalue weighted by molar-refractivity contribution is 7.09. The number of hydrogen-bond acceptors (Lipinski definition) is 5. The van der Waals surface area contributed by atoms with Crippen molar-refractivity contribution in [2.45, 2.75) is 20.0 Å². The Hall–Kier alpha value is -1.59. The number of aromatic nitrogens is 1. The van der Waals surface area contributed by atoms with Gasteiger partial charge in [-0.3, -0.25) is 0 Å². The van der Waals surface area contributed by atoms with Gasteiger partial charge in [-0.05, 0) is 24.6 Å². The molecule has 0 bridgehead atoms. The lowest BCUT2D eigenvalue weighted by Gasteiger charge is -2.11. The van der Waals surface area contributed by atoms with Crippen molar-refractivity contribution in [2.75, 3.05) is 13.7 Å². The van der Waals surface area contributed by atoms with Crippen LogP contribution in [0.4, 0.5) is 0 Å².